The van der Waals surface area contributed by atoms with Gasteiger partial charge in [0.1, 0.15) is 6.10 Å². The molecule has 0 N–H and O–H groups in total. The zero-order valence-corrected chi connectivity index (χ0v) is 14.0. The smallest absolute Gasteiger partial charge is 0.316 e. The molecule has 3 heterocycles. The fraction of sp³-hybridized carbons (Fsp3) is 0.211. The van der Waals surface area contributed by atoms with Gasteiger partial charge in [-0.3, -0.25) is 4.79 Å². The van der Waals surface area contributed by atoms with Gasteiger partial charge in [-0.25, -0.2) is 14.4 Å². The first-order valence-corrected chi connectivity index (χ1v) is 8.36. The summed E-state index contributed by atoms with van der Waals surface area (Å²) >= 11 is 0. The van der Waals surface area contributed by atoms with E-state index in [9.17, 15) is 9.18 Å². The van der Waals surface area contributed by atoms with E-state index < -0.39 is 5.82 Å². The number of ether oxygens (including phenoxy) is 1. The molecule has 7 heteroatoms. The summed E-state index contributed by atoms with van der Waals surface area (Å²) < 4.78 is 20.5. The van der Waals surface area contributed by atoms with Crippen LogP contribution in [0.15, 0.2) is 61.2 Å². The molecule has 1 saturated heterocycles. The molecule has 1 amide bonds. The van der Waals surface area contributed by atoms with Crippen LogP contribution in [-0.2, 0) is 0 Å². The van der Waals surface area contributed by atoms with E-state index in [1.165, 1.54) is 0 Å². The third-order valence-electron chi connectivity index (χ3n) is 4.32. The summed E-state index contributed by atoms with van der Waals surface area (Å²) in [5.41, 5.74) is 1.64. The van der Waals surface area contributed by atoms with Crippen LogP contribution in [0.5, 0.6) is 6.01 Å². The van der Waals surface area contributed by atoms with E-state index in [0.29, 0.717) is 25.1 Å². The molecule has 132 valence electrons. The van der Waals surface area contributed by atoms with Gasteiger partial charge in [0.25, 0.3) is 5.91 Å². The van der Waals surface area contributed by atoms with Crippen LogP contribution in [0.3, 0.4) is 0 Å². The van der Waals surface area contributed by atoms with Gasteiger partial charge in [-0.1, -0.05) is 0 Å². The Balaban J connectivity index is 1.38. The van der Waals surface area contributed by atoms with E-state index in [1.54, 1.807) is 4.90 Å². The number of nitrogens with zero attached hydrogens (tertiary/aromatic N) is 4. The number of carbonyl (C=O) groups is 1. The first-order chi connectivity index (χ1) is 12.7. The molecule has 4 rings (SSSR count). The number of aromatic nitrogens is 3. The van der Waals surface area contributed by atoms with Gasteiger partial charge < -0.3 is 14.2 Å². The lowest BCUT2D eigenvalue weighted by Gasteiger charge is -2.17. The average Bonchev–Trinajstić information content (AvgIpc) is 3.35. The standard InChI is InChI=1S/C19H17FN4O2/c20-15-11-21-19(22-12-15)26-17-7-10-24(13-17)18(25)14-3-5-16(6-4-14)23-8-1-2-9-23/h1-6,8-9,11-12,17H,7,10,13H2/t17-/m1/s1. The molecule has 26 heavy (non-hydrogen) atoms. The highest BCUT2D eigenvalue weighted by atomic mass is 19.1. The summed E-state index contributed by atoms with van der Waals surface area (Å²) in [5, 5.41) is 0. The highest BCUT2D eigenvalue weighted by Gasteiger charge is 2.28. The van der Waals surface area contributed by atoms with Crippen LogP contribution < -0.4 is 4.74 Å². The predicted molar refractivity (Wildman–Crippen MR) is 92.7 cm³/mol. The lowest BCUT2D eigenvalue weighted by atomic mass is 10.2. The van der Waals surface area contributed by atoms with Crippen molar-refractivity contribution in [3.63, 3.8) is 0 Å². The van der Waals surface area contributed by atoms with Gasteiger partial charge in [0.05, 0.1) is 18.9 Å². The monoisotopic (exact) mass is 352 g/mol. The minimum atomic E-state index is -0.510. The Kier molecular flexibility index (Phi) is 4.35. The highest BCUT2D eigenvalue weighted by Crippen LogP contribution is 2.18. The van der Waals surface area contributed by atoms with Crippen molar-refractivity contribution in [1.29, 1.82) is 0 Å². The Hall–Kier alpha value is -3.22. The van der Waals surface area contributed by atoms with E-state index in [0.717, 1.165) is 18.1 Å². The number of likely N-dealkylation sites (tertiary alicyclic amines) is 1. The maximum Gasteiger partial charge on any atom is 0.316 e. The highest BCUT2D eigenvalue weighted by molar-refractivity contribution is 5.94. The van der Waals surface area contributed by atoms with Gasteiger partial charge in [0, 0.05) is 36.6 Å². The molecule has 1 aromatic carbocycles. The van der Waals surface area contributed by atoms with Crippen LogP contribution in [0.2, 0.25) is 0 Å². The number of benzene rings is 1. The normalized spacial score (nSPS) is 16.7. The molecule has 3 aromatic rings. The Morgan fingerprint density at radius 3 is 2.50 bits per heavy atom. The van der Waals surface area contributed by atoms with Gasteiger partial charge in [0.15, 0.2) is 5.82 Å². The summed E-state index contributed by atoms with van der Waals surface area (Å²) in [6.45, 7) is 1.06. The minimum Gasteiger partial charge on any atom is -0.458 e. The maximum absolute atomic E-state index is 12.8. The van der Waals surface area contributed by atoms with Crippen LogP contribution in [0.25, 0.3) is 5.69 Å². The molecule has 1 aliphatic rings. The average molecular weight is 352 g/mol. The van der Waals surface area contributed by atoms with Crippen molar-refractivity contribution in [3.8, 4) is 11.7 Å². The number of hydrogen-bond donors (Lipinski definition) is 0. The zero-order valence-electron chi connectivity index (χ0n) is 14.0. The SMILES string of the molecule is O=C(c1ccc(-n2cccc2)cc1)N1CC[C@@H](Oc2ncc(F)cn2)C1. The van der Waals surface area contributed by atoms with E-state index >= 15 is 0 Å². The lowest BCUT2D eigenvalue weighted by molar-refractivity contribution is 0.0769. The van der Waals surface area contributed by atoms with E-state index in [1.807, 2.05) is 53.4 Å². The molecule has 6 nitrogen and oxygen atoms in total. The molecule has 0 spiro atoms. The molecular weight excluding hydrogens is 335 g/mol. The summed E-state index contributed by atoms with van der Waals surface area (Å²) in [6.07, 6.45) is 6.53. The van der Waals surface area contributed by atoms with Crippen LogP contribution in [0.4, 0.5) is 4.39 Å². The topological polar surface area (TPSA) is 60.2 Å². The second kappa shape index (κ2) is 6.95. The Bertz CT molecular complexity index is 879. The summed E-state index contributed by atoms with van der Waals surface area (Å²) in [4.78, 5) is 22.0. The molecule has 0 aliphatic carbocycles. The molecule has 2 aromatic heterocycles. The van der Waals surface area contributed by atoms with Crippen molar-refractivity contribution in [2.75, 3.05) is 13.1 Å². The van der Waals surface area contributed by atoms with Crippen LogP contribution in [-0.4, -0.2) is 44.5 Å². The number of hydrogen-bond acceptors (Lipinski definition) is 4. The first kappa shape index (κ1) is 16.3. The second-order valence-electron chi connectivity index (χ2n) is 6.10. The molecule has 0 radical (unpaired) electrons. The van der Waals surface area contributed by atoms with Crippen LogP contribution >= 0.6 is 0 Å². The largest absolute Gasteiger partial charge is 0.458 e. The van der Waals surface area contributed by atoms with E-state index in [4.69, 9.17) is 4.74 Å². The third-order valence-corrected chi connectivity index (χ3v) is 4.32. The summed E-state index contributed by atoms with van der Waals surface area (Å²) in [5.74, 6) is -0.542. The fourth-order valence-electron chi connectivity index (χ4n) is 2.98. The molecule has 0 saturated carbocycles. The van der Waals surface area contributed by atoms with Crippen molar-refractivity contribution < 1.29 is 13.9 Å². The van der Waals surface area contributed by atoms with Crippen molar-refractivity contribution in [2.24, 2.45) is 0 Å². The summed E-state index contributed by atoms with van der Waals surface area (Å²) in [6, 6.07) is 11.5. The Morgan fingerprint density at radius 1 is 1.12 bits per heavy atom. The van der Waals surface area contributed by atoms with Crippen molar-refractivity contribution in [1.82, 2.24) is 19.4 Å². The Morgan fingerprint density at radius 2 is 1.81 bits per heavy atom. The Labute approximate surface area is 149 Å². The molecule has 0 unspecified atom stereocenters. The second-order valence-corrected chi connectivity index (χ2v) is 6.10. The third kappa shape index (κ3) is 3.42. The quantitative estimate of drug-likeness (QED) is 0.724. The van der Waals surface area contributed by atoms with Crippen molar-refractivity contribution >= 4 is 5.91 Å². The van der Waals surface area contributed by atoms with Crippen molar-refractivity contribution in [2.45, 2.75) is 12.5 Å². The fourth-order valence-corrected chi connectivity index (χ4v) is 2.98. The number of halogens is 1. The lowest BCUT2D eigenvalue weighted by Crippen LogP contribution is -2.31. The molecule has 1 atom stereocenters. The zero-order chi connectivity index (χ0) is 17.9. The number of amides is 1. The number of rotatable bonds is 4. The van der Waals surface area contributed by atoms with Gasteiger partial charge >= 0.3 is 6.01 Å². The van der Waals surface area contributed by atoms with Gasteiger partial charge in [-0.15, -0.1) is 0 Å². The van der Waals surface area contributed by atoms with Crippen molar-refractivity contribution in [3.05, 3.63) is 72.6 Å². The van der Waals surface area contributed by atoms with E-state index in [-0.39, 0.29) is 18.0 Å². The molecule has 1 aliphatic heterocycles. The molecule has 0 bridgehead atoms. The van der Waals surface area contributed by atoms with Gasteiger partial charge in [-0.2, -0.15) is 0 Å². The maximum atomic E-state index is 12.8. The minimum absolute atomic E-state index is 0.0322. The van der Waals surface area contributed by atoms with E-state index in [2.05, 4.69) is 9.97 Å². The first-order valence-electron chi connectivity index (χ1n) is 8.36. The summed E-state index contributed by atoms with van der Waals surface area (Å²) in [7, 11) is 0. The predicted octanol–water partition coefficient (Wildman–Crippen LogP) is 2.70. The van der Waals surface area contributed by atoms with Gasteiger partial charge in [-0.05, 0) is 36.4 Å². The molecular formula is C19H17FN4O2. The number of carbonyl (C=O) groups excluding carboxylic acids is 1. The van der Waals surface area contributed by atoms with Crippen LogP contribution in [0.1, 0.15) is 16.8 Å². The molecule has 1 fully saturated rings. The van der Waals surface area contributed by atoms with Crippen LogP contribution in [0, 0.1) is 5.82 Å². The van der Waals surface area contributed by atoms with Gasteiger partial charge in [0.2, 0.25) is 0 Å².